The van der Waals surface area contributed by atoms with Crippen LogP contribution in [-0.2, 0) is 27.6 Å². The first-order chi connectivity index (χ1) is 21.3. The monoisotopic (exact) mass is 727 g/mol. The second-order valence-electron chi connectivity index (χ2n) is 20.0. The van der Waals surface area contributed by atoms with Gasteiger partial charge in [-0.05, 0) is 86.5 Å². The van der Waals surface area contributed by atoms with Gasteiger partial charge in [0.15, 0.2) is 25.0 Å². The molecule has 0 aromatic heterocycles. The predicted molar refractivity (Wildman–Crippen MR) is 211 cm³/mol. The number of hydrogen-bond acceptors (Lipinski definition) is 6. The van der Waals surface area contributed by atoms with Gasteiger partial charge in [-0.3, -0.25) is 9.59 Å². The van der Waals surface area contributed by atoms with Crippen LogP contribution in [-0.4, -0.2) is 61.1 Å². The van der Waals surface area contributed by atoms with Gasteiger partial charge in [0.05, 0.1) is 24.7 Å². The van der Waals surface area contributed by atoms with Crippen molar-refractivity contribution >= 4 is 36.7 Å². The number of allylic oxidation sites excluding steroid dienone is 1. The Balaban J connectivity index is 3.72. The van der Waals surface area contributed by atoms with E-state index in [4.69, 9.17) is 18.0 Å². The molecule has 0 fully saturated rings. The zero-order chi connectivity index (χ0) is 37.9. The number of carbonyl (C=O) groups is 2. The molecule has 0 saturated heterocycles. The number of cyclic esters (lactones) is 1. The molecule has 6 atom stereocenters. The van der Waals surface area contributed by atoms with Gasteiger partial charge in [-0.25, -0.2) is 0 Å². The van der Waals surface area contributed by atoms with E-state index in [1.807, 2.05) is 27.7 Å². The number of carbonyl (C=O) groups excluding carboxylic acids is 2. The summed E-state index contributed by atoms with van der Waals surface area (Å²) in [6.45, 7) is 43.7. The molecule has 0 spiro atoms. The first kappa shape index (κ1) is 45.4. The lowest BCUT2D eigenvalue weighted by atomic mass is 9.73. The highest BCUT2D eigenvalue weighted by atomic mass is 28.4. The minimum absolute atomic E-state index is 0.00824. The molecular weight excluding hydrogens is 649 g/mol. The third-order valence-electron chi connectivity index (χ3n) is 12.4. The molecule has 48 heavy (non-hydrogen) atoms. The summed E-state index contributed by atoms with van der Waals surface area (Å²) in [7, 11) is -6.68. The molecule has 0 radical (unpaired) electrons. The molecule has 0 aliphatic carbocycles. The van der Waals surface area contributed by atoms with Gasteiger partial charge in [-0.15, -0.1) is 0 Å². The van der Waals surface area contributed by atoms with Crippen LogP contribution in [0.4, 0.5) is 0 Å². The summed E-state index contributed by atoms with van der Waals surface area (Å²) in [6, 6.07) is 0. The zero-order valence-corrected chi connectivity index (χ0v) is 38.1. The second kappa shape index (κ2) is 16.4. The van der Waals surface area contributed by atoms with Crippen LogP contribution in [0.25, 0.3) is 0 Å². The Morgan fingerprint density at radius 1 is 0.792 bits per heavy atom. The average Bonchev–Trinajstić information content (AvgIpc) is 2.88. The predicted octanol–water partition coefficient (Wildman–Crippen LogP) is 11.5. The zero-order valence-electron chi connectivity index (χ0n) is 35.1. The first-order valence-corrected chi connectivity index (χ1v) is 27.4. The van der Waals surface area contributed by atoms with Crippen molar-refractivity contribution < 1.29 is 27.6 Å². The molecule has 0 amide bonds. The molecule has 1 aliphatic rings. The number of ketones is 1. The maximum atomic E-state index is 14.8. The minimum atomic E-state index is -2.39. The quantitative estimate of drug-likeness (QED) is 0.148. The largest absolute Gasteiger partial charge is 0.459 e. The molecule has 6 nitrogen and oxygen atoms in total. The molecule has 0 N–H and O–H groups in total. The van der Waals surface area contributed by atoms with E-state index in [1.165, 1.54) is 0 Å². The third-order valence-corrected chi connectivity index (χ3v) is 25.9. The number of Topliss-reactive ketones (excluding diaryl/α,β-unsaturated/α-hetero) is 1. The Morgan fingerprint density at radius 2 is 1.27 bits per heavy atom. The molecule has 1 unspecified atom stereocenters. The highest BCUT2D eigenvalue weighted by Gasteiger charge is 2.50. The van der Waals surface area contributed by atoms with E-state index in [2.05, 4.69) is 121 Å². The van der Waals surface area contributed by atoms with Crippen molar-refractivity contribution in [3.8, 4) is 0 Å². The van der Waals surface area contributed by atoms with Crippen molar-refractivity contribution in [1.82, 2.24) is 0 Å². The maximum absolute atomic E-state index is 14.8. The topological polar surface area (TPSA) is 71.1 Å². The molecule has 0 aromatic rings. The normalized spacial score (nSPS) is 27.5. The first-order valence-electron chi connectivity index (χ1n) is 18.7. The average molecular weight is 727 g/mol. The van der Waals surface area contributed by atoms with Gasteiger partial charge in [0.1, 0.15) is 11.9 Å². The van der Waals surface area contributed by atoms with Crippen LogP contribution in [0, 0.1) is 17.3 Å². The fourth-order valence-corrected chi connectivity index (χ4v) is 9.94. The molecule has 0 aromatic carbocycles. The maximum Gasteiger partial charge on any atom is 0.308 e. The van der Waals surface area contributed by atoms with E-state index in [0.29, 0.717) is 6.42 Å². The fourth-order valence-electron chi connectivity index (χ4n) is 5.59. The molecule has 1 rings (SSSR count). The van der Waals surface area contributed by atoms with Crippen LogP contribution >= 0.6 is 0 Å². The second-order valence-corrected chi connectivity index (χ2v) is 34.3. The lowest BCUT2D eigenvalue weighted by Gasteiger charge is -2.46. The van der Waals surface area contributed by atoms with Gasteiger partial charge in [0.2, 0.25) is 0 Å². The summed E-state index contributed by atoms with van der Waals surface area (Å²) in [5.74, 6) is -0.413. The molecule has 282 valence electrons. The van der Waals surface area contributed by atoms with Gasteiger partial charge in [-0.2, -0.15) is 0 Å². The smallest absolute Gasteiger partial charge is 0.308 e. The highest BCUT2D eigenvalue weighted by molar-refractivity contribution is 6.75. The van der Waals surface area contributed by atoms with E-state index in [-0.39, 0.29) is 57.3 Å². The summed E-state index contributed by atoms with van der Waals surface area (Å²) in [6.07, 6.45) is 6.31. The van der Waals surface area contributed by atoms with Gasteiger partial charge in [-0.1, -0.05) is 102 Å². The number of ether oxygens (including phenoxy) is 1. The SMILES string of the molecule is CC(O[Si](C)(C)C(C)(C)C)[C@@H]1CC=CCCC[C@@H](C)[C@@H](O[Si](C)(C)C(C)(C)C)[C@H](C)C(=O)C(C)(C)[C@H](O[Si](C)(C)C(C)(C)C)CC(=O)O1. The molecule has 9 heteroatoms. The molecular formula is C39H78O6Si3. The Hall–Kier alpha value is -0.589. The van der Waals surface area contributed by atoms with Crippen molar-refractivity contribution in [3.63, 3.8) is 0 Å². The van der Waals surface area contributed by atoms with Crippen molar-refractivity contribution in [2.24, 2.45) is 17.3 Å². The van der Waals surface area contributed by atoms with E-state index in [1.54, 1.807) is 0 Å². The summed E-state index contributed by atoms with van der Waals surface area (Å²) >= 11 is 0. The molecule has 1 heterocycles. The van der Waals surface area contributed by atoms with Crippen LogP contribution in [0.2, 0.25) is 54.4 Å². The van der Waals surface area contributed by atoms with Crippen LogP contribution < -0.4 is 0 Å². The number of rotatable bonds is 7. The number of esters is 1. The van der Waals surface area contributed by atoms with Crippen molar-refractivity contribution in [2.45, 2.75) is 208 Å². The van der Waals surface area contributed by atoms with Crippen LogP contribution in [0.1, 0.15) is 129 Å². The third kappa shape index (κ3) is 12.0. The number of hydrogen-bond donors (Lipinski definition) is 0. The van der Waals surface area contributed by atoms with Gasteiger partial charge in [0, 0.05) is 17.8 Å². The Labute approximate surface area is 300 Å². The van der Waals surface area contributed by atoms with E-state index >= 15 is 0 Å². The fraction of sp³-hybridized carbons (Fsp3) is 0.897. The lowest BCUT2D eigenvalue weighted by molar-refractivity contribution is -0.158. The minimum Gasteiger partial charge on any atom is -0.459 e. The Morgan fingerprint density at radius 3 is 1.75 bits per heavy atom. The van der Waals surface area contributed by atoms with Crippen LogP contribution in [0.5, 0.6) is 0 Å². The summed E-state index contributed by atoms with van der Waals surface area (Å²) in [5.41, 5.74) is -0.946. The molecule has 0 saturated carbocycles. The van der Waals surface area contributed by atoms with E-state index in [0.717, 1.165) is 19.3 Å². The van der Waals surface area contributed by atoms with Gasteiger partial charge < -0.3 is 18.0 Å². The van der Waals surface area contributed by atoms with Crippen molar-refractivity contribution in [1.29, 1.82) is 0 Å². The van der Waals surface area contributed by atoms with Crippen molar-refractivity contribution in [2.75, 3.05) is 0 Å². The van der Waals surface area contributed by atoms with E-state index < -0.39 is 42.6 Å². The summed E-state index contributed by atoms with van der Waals surface area (Å²) in [5, 5.41) is -0.0492. The van der Waals surface area contributed by atoms with Gasteiger partial charge >= 0.3 is 5.97 Å². The highest BCUT2D eigenvalue weighted by Crippen LogP contribution is 2.44. The Kier molecular flexibility index (Phi) is 15.5. The summed E-state index contributed by atoms with van der Waals surface area (Å²) < 4.78 is 27.2. The lowest BCUT2D eigenvalue weighted by Crippen LogP contribution is -2.54. The van der Waals surface area contributed by atoms with Crippen LogP contribution in [0.3, 0.4) is 0 Å². The molecule has 1 aliphatic heterocycles. The van der Waals surface area contributed by atoms with Gasteiger partial charge in [0.25, 0.3) is 0 Å². The Bertz CT molecular complexity index is 1090. The standard InChI is InChI=1S/C39H78O6Si3/c1-28-25-23-21-22-24-26-31(30(3)43-46(15,16)36(4,5)6)42-33(40)27-32(44-47(17,18)37(7,8)9)39(13,14)35(41)29(2)34(28)45-48(19,20)38(10,11)12/h22,24,28-32,34H,21,23,25-27H2,1-20H3/t28-,29+,30?,31+,32-,34-/m1/s1. The van der Waals surface area contributed by atoms with Crippen LogP contribution in [0.15, 0.2) is 12.2 Å². The summed E-state index contributed by atoms with van der Waals surface area (Å²) in [4.78, 5) is 28.8. The van der Waals surface area contributed by atoms with Crippen molar-refractivity contribution in [3.05, 3.63) is 12.2 Å². The van der Waals surface area contributed by atoms with E-state index in [9.17, 15) is 9.59 Å². The molecule has 0 bridgehead atoms.